The summed E-state index contributed by atoms with van der Waals surface area (Å²) in [7, 11) is 0. The van der Waals surface area contributed by atoms with Crippen molar-refractivity contribution in [2.75, 3.05) is 13.2 Å². The Labute approximate surface area is 507 Å². The molecule has 4 heteroatoms. The van der Waals surface area contributed by atoms with Gasteiger partial charge in [-0.25, -0.2) is 0 Å². The molecule has 0 bridgehead atoms. The third-order valence-electron chi connectivity index (χ3n) is 13.9. The van der Waals surface area contributed by atoms with E-state index in [1.807, 2.05) is 77.9 Å². The highest BCUT2D eigenvalue weighted by Gasteiger charge is 2.10. The average molecular weight is 1120 g/mol. The third-order valence-corrected chi connectivity index (χ3v) is 13.9. The minimum absolute atomic E-state index is 0.193. The van der Waals surface area contributed by atoms with Gasteiger partial charge in [-0.1, -0.05) is 190 Å². The maximum absolute atomic E-state index is 5.64. The summed E-state index contributed by atoms with van der Waals surface area (Å²) < 4.78 is 22.0. The normalized spacial score (nSPS) is 10.6. The molecule has 0 saturated heterocycles. The van der Waals surface area contributed by atoms with Gasteiger partial charge in [-0.05, 0) is 246 Å². The van der Waals surface area contributed by atoms with Crippen LogP contribution in [0.5, 0.6) is 23.0 Å². The highest BCUT2D eigenvalue weighted by Crippen LogP contribution is 2.30. The molecule has 0 saturated carbocycles. The van der Waals surface area contributed by atoms with E-state index in [0.717, 1.165) is 47.8 Å². The van der Waals surface area contributed by atoms with Crippen LogP contribution in [0.15, 0.2) is 164 Å². The van der Waals surface area contributed by atoms with Gasteiger partial charge in [0.25, 0.3) is 0 Å². The van der Waals surface area contributed by atoms with Crippen molar-refractivity contribution in [1.82, 2.24) is 0 Å². The van der Waals surface area contributed by atoms with Gasteiger partial charge in [-0.3, -0.25) is 0 Å². The maximum Gasteiger partial charge on any atom is 0.161 e. The van der Waals surface area contributed by atoms with Gasteiger partial charge in [0.15, 0.2) is 11.5 Å². The van der Waals surface area contributed by atoms with Crippen LogP contribution >= 0.6 is 0 Å². The molecule has 448 valence electrons. The average Bonchev–Trinajstić information content (AvgIpc) is 3.54. The van der Waals surface area contributed by atoms with E-state index in [4.69, 9.17) is 18.9 Å². The van der Waals surface area contributed by atoms with E-state index >= 15 is 0 Å². The molecule has 83 heavy (non-hydrogen) atoms. The highest BCUT2D eigenvalue weighted by atomic mass is 16.6. The quantitative estimate of drug-likeness (QED) is 0.137. The Hall–Kier alpha value is -7.04. The first kappa shape index (κ1) is 72.1. The SMILES string of the molecule is CCCCc1ccc(C)cc1.CCc1cc(C)cc(CC)c1.CCc1ccc(C)cc1.Cc1cc(OC(C)C)cc(OC(C)C)c1.Cc1ccc(C)c(C)c1.Cc1ccc2c(c1)OCCO2.Cc1cccc(C)c1C.Cc1ccccc1C. The summed E-state index contributed by atoms with van der Waals surface area (Å²) in [6.45, 7) is 45.8. The molecular weight excluding hydrogens is 1010 g/mol. The van der Waals surface area contributed by atoms with Crippen molar-refractivity contribution in [1.29, 1.82) is 0 Å². The summed E-state index contributed by atoms with van der Waals surface area (Å²) in [5, 5.41) is 0. The Balaban J connectivity index is 0.000000326. The maximum atomic E-state index is 5.64. The molecule has 0 N–H and O–H groups in total. The lowest BCUT2D eigenvalue weighted by Gasteiger charge is -2.18. The van der Waals surface area contributed by atoms with Gasteiger partial charge >= 0.3 is 0 Å². The molecule has 0 aliphatic carbocycles. The number of unbranched alkanes of at least 4 members (excludes halogenated alkanes) is 1. The lowest BCUT2D eigenvalue weighted by molar-refractivity contribution is 0.171. The predicted molar refractivity (Wildman–Crippen MR) is 362 cm³/mol. The molecule has 0 fully saturated rings. The summed E-state index contributed by atoms with van der Waals surface area (Å²) >= 11 is 0. The topological polar surface area (TPSA) is 36.9 Å². The Morgan fingerprint density at radius 2 is 0.747 bits per heavy atom. The second-order valence-electron chi connectivity index (χ2n) is 22.6. The van der Waals surface area contributed by atoms with Crippen molar-refractivity contribution in [2.45, 2.75) is 196 Å². The molecule has 0 amide bonds. The summed E-state index contributed by atoms with van der Waals surface area (Å²) in [6.07, 6.45) is 7.65. The van der Waals surface area contributed by atoms with Crippen LogP contribution in [-0.2, 0) is 25.7 Å². The minimum atomic E-state index is 0.193. The summed E-state index contributed by atoms with van der Waals surface area (Å²) in [5.41, 5.74) is 23.3. The molecule has 8 aromatic rings. The molecular formula is C79H108O4. The van der Waals surface area contributed by atoms with E-state index in [1.54, 1.807) is 0 Å². The van der Waals surface area contributed by atoms with Crippen molar-refractivity contribution >= 4 is 0 Å². The molecule has 0 atom stereocenters. The van der Waals surface area contributed by atoms with Gasteiger partial charge < -0.3 is 18.9 Å². The molecule has 4 nitrogen and oxygen atoms in total. The van der Waals surface area contributed by atoms with E-state index in [-0.39, 0.29) is 12.2 Å². The Morgan fingerprint density at radius 1 is 0.337 bits per heavy atom. The van der Waals surface area contributed by atoms with Gasteiger partial charge in [-0.15, -0.1) is 0 Å². The van der Waals surface area contributed by atoms with Crippen LogP contribution < -0.4 is 18.9 Å². The molecule has 0 radical (unpaired) electrons. The first-order chi connectivity index (χ1) is 39.5. The van der Waals surface area contributed by atoms with Crippen LogP contribution in [0.4, 0.5) is 0 Å². The Bertz CT molecular complexity index is 2940. The number of hydrogen-bond donors (Lipinski definition) is 0. The predicted octanol–water partition coefficient (Wildman–Crippen LogP) is 21.9. The van der Waals surface area contributed by atoms with E-state index in [9.17, 15) is 0 Å². The Kier molecular flexibility index (Phi) is 34.9. The first-order valence-electron chi connectivity index (χ1n) is 30.6. The monoisotopic (exact) mass is 1120 g/mol. The van der Waals surface area contributed by atoms with E-state index in [1.165, 1.54) is 108 Å². The number of aryl methyl sites for hydroxylation is 16. The highest BCUT2D eigenvalue weighted by molar-refractivity contribution is 5.43. The summed E-state index contributed by atoms with van der Waals surface area (Å²) in [4.78, 5) is 0. The molecule has 0 aromatic heterocycles. The van der Waals surface area contributed by atoms with Crippen molar-refractivity contribution in [3.63, 3.8) is 0 Å². The molecule has 1 aliphatic rings. The molecule has 0 unspecified atom stereocenters. The second-order valence-corrected chi connectivity index (χ2v) is 22.6. The summed E-state index contributed by atoms with van der Waals surface area (Å²) in [5.74, 6) is 3.49. The van der Waals surface area contributed by atoms with E-state index in [2.05, 4.69) is 231 Å². The van der Waals surface area contributed by atoms with Crippen LogP contribution in [0, 0.1) is 90.0 Å². The van der Waals surface area contributed by atoms with E-state index in [0.29, 0.717) is 13.2 Å². The summed E-state index contributed by atoms with van der Waals surface area (Å²) in [6, 6.07) is 57.5. The van der Waals surface area contributed by atoms with Gasteiger partial charge in [0.05, 0.1) is 12.2 Å². The van der Waals surface area contributed by atoms with Crippen molar-refractivity contribution in [2.24, 2.45) is 0 Å². The molecule has 1 aliphatic heterocycles. The zero-order chi connectivity index (χ0) is 61.9. The zero-order valence-electron chi connectivity index (χ0n) is 55.5. The molecule has 9 rings (SSSR count). The van der Waals surface area contributed by atoms with Crippen molar-refractivity contribution in [3.8, 4) is 23.0 Å². The number of fused-ring (bicyclic) bond motifs is 1. The number of benzene rings is 8. The zero-order valence-corrected chi connectivity index (χ0v) is 55.5. The fourth-order valence-electron chi connectivity index (χ4n) is 8.31. The minimum Gasteiger partial charge on any atom is -0.491 e. The lowest BCUT2D eigenvalue weighted by atomic mass is 10.0. The van der Waals surface area contributed by atoms with Gasteiger partial charge in [0.2, 0.25) is 0 Å². The Morgan fingerprint density at radius 3 is 1.17 bits per heavy atom. The fourth-order valence-corrected chi connectivity index (χ4v) is 8.31. The molecule has 8 aromatic carbocycles. The standard InChI is InChI=1S/C13H20O2.2C11H16.C9H10O2.3C9H12.C8H10/c1-9(2)14-12-6-11(5)7-13(8-12)15-10(3)4;1-4-10-6-9(3)7-11(5-2)8-10;1-3-4-5-11-8-6-10(2)7-9-11;1-7-2-3-8-9(6-7)11-5-4-10-8;1-7-4-5-8(2)9(3)6-7;1-7-5-4-6-8(2)9(7)3;1-3-9-6-4-8(2)5-7-9;1-7-5-3-4-6-8(7)2/h6-10H,1-5H3;6-8H,4-5H2,1-3H3;6-9H,3-5H2,1-2H3;2-3,6H,4-5H2,1H3;2*4-6H,1-3H3;4-7H,3H2,1-2H3;3-6H,1-2H3. The largest absolute Gasteiger partial charge is 0.491 e. The first-order valence-corrected chi connectivity index (χ1v) is 30.6. The molecule has 1 heterocycles. The van der Waals surface area contributed by atoms with Crippen LogP contribution in [0.25, 0.3) is 0 Å². The number of hydrogen-bond acceptors (Lipinski definition) is 4. The van der Waals surface area contributed by atoms with Crippen LogP contribution in [0.1, 0.15) is 163 Å². The number of ether oxygens (including phenoxy) is 4. The smallest absolute Gasteiger partial charge is 0.161 e. The van der Waals surface area contributed by atoms with Crippen molar-refractivity contribution in [3.05, 3.63) is 258 Å². The third kappa shape index (κ3) is 31.3. The molecule has 0 spiro atoms. The van der Waals surface area contributed by atoms with E-state index < -0.39 is 0 Å². The lowest BCUT2D eigenvalue weighted by Crippen LogP contribution is -2.15. The number of rotatable bonds is 10. The van der Waals surface area contributed by atoms with Gasteiger partial charge in [0, 0.05) is 6.07 Å². The van der Waals surface area contributed by atoms with Crippen LogP contribution in [0.3, 0.4) is 0 Å². The fraction of sp³-hybridized carbons (Fsp3) is 0.392. The van der Waals surface area contributed by atoms with Crippen molar-refractivity contribution < 1.29 is 18.9 Å². The second kappa shape index (κ2) is 40.2. The van der Waals surface area contributed by atoms with Crippen LogP contribution in [0.2, 0.25) is 0 Å². The van der Waals surface area contributed by atoms with Gasteiger partial charge in [-0.2, -0.15) is 0 Å². The van der Waals surface area contributed by atoms with Gasteiger partial charge in [0.1, 0.15) is 24.7 Å². The van der Waals surface area contributed by atoms with Crippen LogP contribution in [-0.4, -0.2) is 25.4 Å².